The zero-order chi connectivity index (χ0) is 32.2. The number of allylic oxidation sites excluding steroid dienone is 2. The summed E-state index contributed by atoms with van der Waals surface area (Å²) in [6, 6.07) is 16.9. The lowest BCUT2D eigenvalue weighted by Crippen LogP contribution is -2.50. The van der Waals surface area contributed by atoms with Crippen LogP contribution in [0.3, 0.4) is 0 Å². The van der Waals surface area contributed by atoms with E-state index in [4.69, 9.17) is 14.2 Å². The lowest BCUT2D eigenvalue weighted by atomic mass is 9.76. The summed E-state index contributed by atoms with van der Waals surface area (Å²) >= 11 is 0. The number of hydrogen-bond acceptors (Lipinski definition) is 8. The van der Waals surface area contributed by atoms with Gasteiger partial charge in [-0.15, -0.1) is 0 Å². The van der Waals surface area contributed by atoms with Crippen LogP contribution in [0.25, 0.3) is 0 Å². The first kappa shape index (κ1) is 32.6. The highest BCUT2D eigenvalue weighted by Crippen LogP contribution is 2.48. The highest BCUT2D eigenvalue weighted by atomic mass is 16.6. The number of Topliss-reactive ketones (excluding diaryl/α,β-unsaturated/α-hetero) is 2. The summed E-state index contributed by atoms with van der Waals surface area (Å²) in [5, 5.41) is 0. The van der Waals surface area contributed by atoms with Gasteiger partial charge in [0.2, 0.25) is 0 Å². The molecule has 2 aliphatic carbocycles. The van der Waals surface area contributed by atoms with Crippen LogP contribution in [0, 0.1) is 23.2 Å². The Morgan fingerprint density at radius 1 is 0.841 bits per heavy atom. The summed E-state index contributed by atoms with van der Waals surface area (Å²) in [5.41, 5.74) is -1.51. The van der Waals surface area contributed by atoms with Crippen LogP contribution < -0.4 is 0 Å². The largest absolute Gasteiger partial charge is 0.458 e. The van der Waals surface area contributed by atoms with E-state index < -0.39 is 53.0 Å². The third-order valence-electron chi connectivity index (χ3n) is 8.59. The van der Waals surface area contributed by atoms with Crippen molar-refractivity contribution in [3.8, 4) is 0 Å². The average molecular weight is 601 g/mol. The van der Waals surface area contributed by atoms with Crippen molar-refractivity contribution < 1.29 is 38.2 Å². The molecular formula is C36H40O8. The predicted octanol–water partition coefficient (Wildman–Crippen LogP) is 6.10. The average Bonchev–Trinajstić information content (AvgIpc) is 3.24. The van der Waals surface area contributed by atoms with E-state index >= 15 is 0 Å². The maximum absolute atomic E-state index is 14.3. The summed E-state index contributed by atoms with van der Waals surface area (Å²) in [7, 11) is 0. The van der Waals surface area contributed by atoms with Crippen molar-refractivity contribution in [2.24, 2.45) is 23.2 Å². The zero-order valence-electron chi connectivity index (χ0n) is 26.1. The second-order valence-corrected chi connectivity index (χ2v) is 12.5. The fraction of sp³-hybridized carbons (Fsp3) is 0.417. The second kappa shape index (κ2) is 13.1. The molecule has 8 heteroatoms. The van der Waals surface area contributed by atoms with Crippen molar-refractivity contribution in [1.29, 1.82) is 0 Å². The first-order valence-electron chi connectivity index (χ1n) is 14.9. The summed E-state index contributed by atoms with van der Waals surface area (Å²) in [6.45, 7) is 9.97. The Labute approximate surface area is 258 Å². The highest BCUT2D eigenvalue weighted by Gasteiger charge is 2.60. The highest BCUT2D eigenvalue weighted by molar-refractivity contribution is 5.95. The Kier molecular flexibility index (Phi) is 9.72. The topological polar surface area (TPSA) is 113 Å². The molecule has 0 unspecified atom stereocenters. The molecule has 0 saturated heterocycles. The molecule has 6 atom stereocenters. The lowest BCUT2D eigenvalue weighted by molar-refractivity contribution is -0.171. The zero-order valence-corrected chi connectivity index (χ0v) is 26.1. The van der Waals surface area contributed by atoms with Gasteiger partial charge in [0.1, 0.15) is 18.0 Å². The van der Waals surface area contributed by atoms with E-state index in [0.717, 1.165) is 0 Å². The van der Waals surface area contributed by atoms with Crippen LogP contribution in [-0.2, 0) is 28.6 Å². The molecule has 4 rings (SSSR count). The first-order chi connectivity index (χ1) is 20.7. The summed E-state index contributed by atoms with van der Waals surface area (Å²) in [5.74, 6) is -4.43. The SMILES string of the molecule is CC(=O)O[C@]12C[C@H](C)[C@H](OC(=O)c3ccccc3)[C@@H]1/C=C(\C)[C@H](OC(=O)c1ccccc1)CC(=O)C(C)(C)/C=C/[C@@H](C)C2=O. The fourth-order valence-electron chi connectivity index (χ4n) is 6.06. The molecule has 1 saturated carbocycles. The molecule has 0 spiro atoms. The van der Waals surface area contributed by atoms with Crippen molar-refractivity contribution in [1.82, 2.24) is 0 Å². The molecule has 0 radical (unpaired) electrons. The monoisotopic (exact) mass is 600 g/mol. The smallest absolute Gasteiger partial charge is 0.338 e. The van der Waals surface area contributed by atoms with Gasteiger partial charge in [-0.3, -0.25) is 14.4 Å². The Hall–Kier alpha value is -4.33. The van der Waals surface area contributed by atoms with E-state index in [2.05, 4.69) is 0 Å². The van der Waals surface area contributed by atoms with Gasteiger partial charge >= 0.3 is 17.9 Å². The van der Waals surface area contributed by atoms with Crippen LogP contribution in [0.15, 0.2) is 84.5 Å². The predicted molar refractivity (Wildman–Crippen MR) is 164 cm³/mol. The van der Waals surface area contributed by atoms with Gasteiger partial charge in [0, 0.05) is 31.1 Å². The summed E-state index contributed by atoms with van der Waals surface area (Å²) in [6.07, 6.45) is 3.15. The Morgan fingerprint density at radius 3 is 1.93 bits per heavy atom. The van der Waals surface area contributed by atoms with E-state index in [9.17, 15) is 24.0 Å². The minimum atomic E-state index is -1.67. The number of carbonyl (C=O) groups is 5. The molecule has 232 valence electrons. The van der Waals surface area contributed by atoms with Gasteiger partial charge in [-0.05, 0) is 56.5 Å². The molecule has 8 nitrogen and oxygen atoms in total. The second-order valence-electron chi connectivity index (χ2n) is 12.5. The number of benzene rings is 2. The van der Waals surface area contributed by atoms with Gasteiger partial charge in [-0.2, -0.15) is 0 Å². The Morgan fingerprint density at radius 2 is 1.39 bits per heavy atom. The lowest BCUT2D eigenvalue weighted by Gasteiger charge is -2.36. The number of carbonyl (C=O) groups excluding carboxylic acids is 5. The van der Waals surface area contributed by atoms with Gasteiger partial charge in [0.25, 0.3) is 0 Å². The van der Waals surface area contributed by atoms with Gasteiger partial charge in [-0.1, -0.05) is 68.5 Å². The molecule has 0 aromatic heterocycles. The summed E-state index contributed by atoms with van der Waals surface area (Å²) < 4.78 is 17.9. The molecule has 0 heterocycles. The van der Waals surface area contributed by atoms with Gasteiger partial charge < -0.3 is 14.2 Å². The minimum absolute atomic E-state index is 0.113. The molecule has 0 bridgehead atoms. The third kappa shape index (κ3) is 6.90. The maximum atomic E-state index is 14.3. The van der Waals surface area contributed by atoms with Crippen molar-refractivity contribution in [3.05, 3.63) is 95.6 Å². The van der Waals surface area contributed by atoms with E-state index in [1.54, 1.807) is 107 Å². The third-order valence-corrected chi connectivity index (χ3v) is 8.59. The van der Waals surface area contributed by atoms with Crippen LogP contribution in [0.4, 0.5) is 0 Å². The van der Waals surface area contributed by atoms with Gasteiger partial charge in [0.05, 0.1) is 17.0 Å². The van der Waals surface area contributed by atoms with Gasteiger partial charge in [-0.25, -0.2) is 9.59 Å². The van der Waals surface area contributed by atoms with E-state index in [0.29, 0.717) is 16.7 Å². The number of esters is 3. The van der Waals surface area contributed by atoms with Crippen molar-refractivity contribution in [3.63, 3.8) is 0 Å². The molecule has 0 amide bonds. The summed E-state index contributed by atoms with van der Waals surface area (Å²) in [4.78, 5) is 66.9. The number of ether oxygens (including phenoxy) is 3. The minimum Gasteiger partial charge on any atom is -0.458 e. The van der Waals surface area contributed by atoms with Gasteiger partial charge in [0.15, 0.2) is 11.4 Å². The standard InChI is InChI=1S/C36H40O8/c1-22-17-18-35(5,6)30(38)20-29(42-33(40)26-13-9-7-10-14-26)23(2)19-28-31(43-34(41)27-15-11-8-12-16-27)24(3)21-36(28,32(22)39)44-25(4)37/h7-19,22,24,28-29,31H,20-21H2,1-6H3/b18-17+,23-19+/t22-,24+,28+,29-,31+,36-/m1/s1. The number of ketones is 2. The maximum Gasteiger partial charge on any atom is 0.338 e. The molecule has 2 aromatic carbocycles. The van der Waals surface area contributed by atoms with Crippen LogP contribution in [0.5, 0.6) is 0 Å². The molecule has 2 aromatic rings. The fourth-order valence-corrected chi connectivity index (χ4v) is 6.06. The number of fused-ring (bicyclic) bond motifs is 1. The molecular weight excluding hydrogens is 560 g/mol. The van der Waals surface area contributed by atoms with E-state index in [1.165, 1.54) is 6.92 Å². The van der Waals surface area contributed by atoms with Crippen molar-refractivity contribution in [2.75, 3.05) is 0 Å². The van der Waals surface area contributed by atoms with Crippen LogP contribution >= 0.6 is 0 Å². The molecule has 1 fully saturated rings. The number of hydrogen-bond donors (Lipinski definition) is 0. The number of rotatable bonds is 5. The Balaban J connectivity index is 1.86. The molecule has 0 aliphatic heterocycles. The Bertz CT molecular complexity index is 1470. The molecule has 0 N–H and O–H groups in total. The first-order valence-corrected chi connectivity index (χ1v) is 14.9. The normalized spacial score (nSPS) is 30.4. The van der Waals surface area contributed by atoms with Crippen LogP contribution in [0.2, 0.25) is 0 Å². The van der Waals surface area contributed by atoms with E-state index in [1.807, 2.05) is 6.92 Å². The van der Waals surface area contributed by atoms with Crippen LogP contribution in [-0.4, -0.2) is 47.3 Å². The van der Waals surface area contributed by atoms with E-state index in [-0.39, 0.29) is 30.3 Å². The molecule has 2 aliphatic rings. The van der Waals surface area contributed by atoms with Crippen molar-refractivity contribution in [2.45, 2.75) is 72.2 Å². The van der Waals surface area contributed by atoms with Crippen LogP contribution in [0.1, 0.15) is 75.1 Å². The molecule has 44 heavy (non-hydrogen) atoms. The quantitative estimate of drug-likeness (QED) is 0.230. The van der Waals surface area contributed by atoms with Crippen molar-refractivity contribution >= 4 is 29.5 Å².